The zero-order valence-corrected chi connectivity index (χ0v) is 10.2. The molecule has 0 bridgehead atoms. The van der Waals surface area contributed by atoms with Crippen LogP contribution in [-0.4, -0.2) is 48.3 Å². The van der Waals surface area contributed by atoms with Crippen molar-refractivity contribution in [2.24, 2.45) is 0 Å². The van der Waals surface area contributed by atoms with E-state index in [9.17, 15) is 5.26 Å². The number of hydrogen-bond acceptors (Lipinski definition) is 4. The second-order valence-corrected chi connectivity index (χ2v) is 4.54. The molecule has 0 aromatic carbocycles. The first kappa shape index (κ1) is 13.4. The second-order valence-electron chi connectivity index (χ2n) is 4.54. The molecule has 4 heteroatoms. The standard InChI is InChI=1S/C12H23N3O/c1-2-7-15-8-4-12(11-13,5-9-15)14-6-3-10-16/h14,16H,2-10H2,1H3. The summed E-state index contributed by atoms with van der Waals surface area (Å²) in [6, 6.07) is 2.42. The van der Waals surface area contributed by atoms with Crippen LogP contribution in [0.1, 0.15) is 32.6 Å². The van der Waals surface area contributed by atoms with Gasteiger partial charge in [-0.15, -0.1) is 0 Å². The molecule has 0 aliphatic carbocycles. The fourth-order valence-electron chi connectivity index (χ4n) is 2.21. The van der Waals surface area contributed by atoms with Crippen molar-refractivity contribution in [2.45, 2.75) is 38.1 Å². The number of nitriles is 1. The van der Waals surface area contributed by atoms with Crippen LogP contribution in [0.25, 0.3) is 0 Å². The summed E-state index contributed by atoms with van der Waals surface area (Å²) in [4.78, 5) is 2.42. The number of nitrogens with one attached hydrogen (secondary N) is 1. The molecule has 0 atom stereocenters. The lowest BCUT2D eigenvalue weighted by atomic mass is 9.89. The molecule has 1 aliphatic rings. The minimum absolute atomic E-state index is 0.191. The molecule has 4 nitrogen and oxygen atoms in total. The number of piperidine rings is 1. The lowest BCUT2D eigenvalue weighted by Crippen LogP contribution is -2.52. The maximum Gasteiger partial charge on any atom is 0.109 e. The van der Waals surface area contributed by atoms with Crippen molar-refractivity contribution in [2.75, 3.05) is 32.8 Å². The van der Waals surface area contributed by atoms with Crippen LogP contribution >= 0.6 is 0 Å². The summed E-state index contributed by atoms with van der Waals surface area (Å²) >= 11 is 0. The van der Waals surface area contributed by atoms with Gasteiger partial charge in [0.25, 0.3) is 0 Å². The van der Waals surface area contributed by atoms with E-state index in [0.717, 1.165) is 45.4 Å². The Balaban J connectivity index is 2.36. The first-order valence-electron chi connectivity index (χ1n) is 6.26. The number of likely N-dealkylation sites (tertiary alicyclic amines) is 1. The molecule has 0 radical (unpaired) electrons. The number of aliphatic hydroxyl groups excluding tert-OH is 1. The highest BCUT2D eigenvalue weighted by Crippen LogP contribution is 2.21. The van der Waals surface area contributed by atoms with Crippen molar-refractivity contribution in [1.29, 1.82) is 5.26 Å². The molecule has 1 saturated heterocycles. The van der Waals surface area contributed by atoms with E-state index in [0.29, 0.717) is 0 Å². The molecule has 0 aromatic rings. The third kappa shape index (κ3) is 3.75. The van der Waals surface area contributed by atoms with Crippen LogP contribution in [0.2, 0.25) is 0 Å². The first-order chi connectivity index (χ1) is 7.76. The smallest absolute Gasteiger partial charge is 0.109 e. The van der Waals surface area contributed by atoms with Crippen molar-refractivity contribution >= 4 is 0 Å². The number of aliphatic hydroxyl groups is 1. The van der Waals surface area contributed by atoms with E-state index in [1.165, 1.54) is 6.42 Å². The summed E-state index contributed by atoms with van der Waals surface area (Å²) in [6.45, 7) is 6.26. The SMILES string of the molecule is CCCN1CCC(C#N)(NCCCO)CC1. The molecule has 0 saturated carbocycles. The summed E-state index contributed by atoms with van der Waals surface area (Å²) in [5, 5.41) is 21.3. The van der Waals surface area contributed by atoms with Gasteiger partial charge in [0.2, 0.25) is 0 Å². The Labute approximate surface area is 98.2 Å². The predicted octanol–water partition coefficient (Wildman–Crippen LogP) is 0.727. The van der Waals surface area contributed by atoms with Crippen molar-refractivity contribution < 1.29 is 5.11 Å². The van der Waals surface area contributed by atoms with Crippen LogP contribution in [0.3, 0.4) is 0 Å². The van der Waals surface area contributed by atoms with Gasteiger partial charge in [-0.3, -0.25) is 5.32 Å². The molecule has 0 spiro atoms. The van der Waals surface area contributed by atoms with E-state index in [2.05, 4.69) is 23.2 Å². The first-order valence-corrected chi connectivity index (χ1v) is 6.26. The normalized spacial score (nSPS) is 20.6. The van der Waals surface area contributed by atoms with E-state index in [-0.39, 0.29) is 12.1 Å². The molecule has 0 aromatic heterocycles. The van der Waals surface area contributed by atoms with E-state index < -0.39 is 0 Å². The summed E-state index contributed by atoms with van der Waals surface area (Å²) in [6.07, 6.45) is 3.70. The second kappa shape index (κ2) is 6.85. The maximum atomic E-state index is 9.26. The van der Waals surface area contributed by atoms with Gasteiger partial charge in [0.15, 0.2) is 0 Å². The van der Waals surface area contributed by atoms with Gasteiger partial charge in [0.1, 0.15) is 5.54 Å². The Morgan fingerprint density at radius 3 is 2.62 bits per heavy atom. The molecular weight excluding hydrogens is 202 g/mol. The molecule has 2 N–H and O–H groups in total. The molecule has 1 rings (SSSR count). The Kier molecular flexibility index (Phi) is 5.75. The highest BCUT2D eigenvalue weighted by molar-refractivity contribution is 5.09. The van der Waals surface area contributed by atoms with Gasteiger partial charge in [-0.05, 0) is 38.8 Å². The summed E-state index contributed by atoms with van der Waals surface area (Å²) in [5.74, 6) is 0. The van der Waals surface area contributed by atoms with Crippen molar-refractivity contribution in [1.82, 2.24) is 10.2 Å². The van der Waals surface area contributed by atoms with E-state index in [1.54, 1.807) is 0 Å². The molecule has 0 unspecified atom stereocenters. The molecule has 92 valence electrons. The largest absolute Gasteiger partial charge is 0.396 e. The van der Waals surface area contributed by atoms with Gasteiger partial charge in [0, 0.05) is 19.7 Å². The van der Waals surface area contributed by atoms with E-state index >= 15 is 0 Å². The predicted molar refractivity (Wildman–Crippen MR) is 64.0 cm³/mol. The number of hydrogen-bond donors (Lipinski definition) is 2. The molecule has 0 amide bonds. The summed E-state index contributed by atoms with van der Waals surface area (Å²) in [5.41, 5.74) is -0.348. The zero-order valence-electron chi connectivity index (χ0n) is 10.2. The Hall–Kier alpha value is -0.630. The van der Waals surface area contributed by atoms with Gasteiger partial charge >= 0.3 is 0 Å². The molecular formula is C12H23N3O. The molecule has 1 fully saturated rings. The Morgan fingerprint density at radius 2 is 2.12 bits per heavy atom. The maximum absolute atomic E-state index is 9.26. The number of nitrogens with zero attached hydrogens (tertiary/aromatic N) is 2. The van der Waals surface area contributed by atoms with Crippen molar-refractivity contribution in [3.8, 4) is 6.07 Å². The van der Waals surface area contributed by atoms with Crippen LogP contribution < -0.4 is 5.32 Å². The van der Waals surface area contributed by atoms with Gasteiger partial charge < -0.3 is 10.0 Å². The van der Waals surface area contributed by atoms with Crippen LogP contribution in [0.5, 0.6) is 0 Å². The van der Waals surface area contributed by atoms with Crippen LogP contribution in [-0.2, 0) is 0 Å². The highest BCUT2D eigenvalue weighted by Gasteiger charge is 2.33. The van der Waals surface area contributed by atoms with E-state index in [1.807, 2.05) is 0 Å². The van der Waals surface area contributed by atoms with Gasteiger partial charge in [0.05, 0.1) is 6.07 Å². The minimum Gasteiger partial charge on any atom is -0.396 e. The van der Waals surface area contributed by atoms with Gasteiger partial charge in [-0.2, -0.15) is 5.26 Å². The molecule has 16 heavy (non-hydrogen) atoms. The van der Waals surface area contributed by atoms with Crippen LogP contribution in [0.4, 0.5) is 0 Å². The number of rotatable bonds is 6. The lowest BCUT2D eigenvalue weighted by Gasteiger charge is -2.37. The third-order valence-corrected chi connectivity index (χ3v) is 3.26. The zero-order chi connectivity index (χ0) is 11.9. The highest BCUT2D eigenvalue weighted by atomic mass is 16.3. The third-order valence-electron chi connectivity index (χ3n) is 3.26. The minimum atomic E-state index is -0.348. The Bertz CT molecular complexity index is 229. The molecule has 1 heterocycles. The average molecular weight is 225 g/mol. The van der Waals surface area contributed by atoms with Gasteiger partial charge in [-0.1, -0.05) is 6.92 Å². The van der Waals surface area contributed by atoms with Crippen LogP contribution in [0, 0.1) is 11.3 Å². The van der Waals surface area contributed by atoms with Gasteiger partial charge in [-0.25, -0.2) is 0 Å². The summed E-state index contributed by atoms with van der Waals surface area (Å²) < 4.78 is 0. The fourth-order valence-corrected chi connectivity index (χ4v) is 2.21. The van der Waals surface area contributed by atoms with Crippen molar-refractivity contribution in [3.63, 3.8) is 0 Å². The van der Waals surface area contributed by atoms with Crippen LogP contribution in [0.15, 0.2) is 0 Å². The quantitative estimate of drug-likeness (QED) is 0.654. The molecule has 1 aliphatic heterocycles. The Morgan fingerprint density at radius 1 is 1.44 bits per heavy atom. The fraction of sp³-hybridized carbons (Fsp3) is 0.917. The summed E-state index contributed by atoms with van der Waals surface area (Å²) in [7, 11) is 0. The van der Waals surface area contributed by atoms with Crippen molar-refractivity contribution in [3.05, 3.63) is 0 Å². The van der Waals surface area contributed by atoms with E-state index in [4.69, 9.17) is 5.11 Å². The lowest BCUT2D eigenvalue weighted by molar-refractivity contribution is 0.164. The average Bonchev–Trinajstić information content (AvgIpc) is 2.32. The topological polar surface area (TPSA) is 59.3 Å². The monoisotopic (exact) mass is 225 g/mol.